The van der Waals surface area contributed by atoms with Gasteiger partial charge in [-0.3, -0.25) is 4.68 Å². The monoisotopic (exact) mass is 245 g/mol. The number of aromatic nitrogens is 2. The van der Waals surface area contributed by atoms with Crippen LogP contribution in [0.1, 0.15) is 18.2 Å². The average Bonchev–Trinajstić information content (AvgIpc) is 2.80. The van der Waals surface area contributed by atoms with Gasteiger partial charge in [0, 0.05) is 31.1 Å². The summed E-state index contributed by atoms with van der Waals surface area (Å²) in [4.78, 5) is 0. The fourth-order valence-corrected chi connectivity index (χ4v) is 1.79. The van der Waals surface area contributed by atoms with E-state index in [1.54, 1.807) is 0 Å². The van der Waals surface area contributed by atoms with Crippen molar-refractivity contribution in [3.05, 3.63) is 47.8 Å². The Labute approximate surface area is 108 Å². The Kier molecular flexibility index (Phi) is 4.36. The van der Waals surface area contributed by atoms with Gasteiger partial charge in [0.1, 0.15) is 0 Å². The molecule has 1 aromatic heterocycles. The molecule has 0 aliphatic carbocycles. The van der Waals surface area contributed by atoms with Crippen molar-refractivity contribution < 1.29 is 4.74 Å². The molecule has 0 radical (unpaired) electrons. The van der Waals surface area contributed by atoms with Gasteiger partial charge in [-0.1, -0.05) is 18.2 Å². The second-order valence-corrected chi connectivity index (χ2v) is 4.09. The van der Waals surface area contributed by atoms with Crippen molar-refractivity contribution in [3.8, 4) is 0 Å². The summed E-state index contributed by atoms with van der Waals surface area (Å²) in [5.74, 6) is 0. The van der Waals surface area contributed by atoms with E-state index in [9.17, 15) is 0 Å². The van der Waals surface area contributed by atoms with Gasteiger partial charge in [0.25, 0.3) is 0 Å². The molecule has 0 atom stereocenters. The molecule has 2 rings (SSSR count). The molecule has 0 unspecified atom stereocenters. The lowest BCUT2D eigenvalue weighted by atomic mass is 10.2. The fraction of sp³-hybridized carbons (Fsp3) is 0.357. The lowest BCUT2D eigenvalue weighted by Gasteiger charge is -2.12. The molecule has 4 heteroatoms. The molecular formula is C14H19N3O. The summed E-state index contributed by atoms with van der Waals surface area (Å²) in [6, 6.07) is 10.2. The number of benzene rings is 1. The van der Waals surface area contributed by atoms with Crippen molar-refractivity contribution in [2.75, 3.05) is 11.9 Å². The smallest absolute Gasteiger partial charge is 0.0736 e. The van der Waals surface area contributed by atoms with E-state index in [0.717, 1.165) is 24.5 Å². The highest BCUT2D eigenvalue weighted by Crippen LogP contribution is 2.17. The zero-order valence-electron chi connectivity index (χ0n) is 10.9. The maximum Gasteiger partial charge on any atom is 0.0736 e. The van der Waals surface area contributed by atoms with Gasteiger partial charge in [0.2, 0.25) is 0 Å². The van der Waals surface area contributed by atoms with E-state index >= 15 is 0 Å². The van der Waals surface area contributed by atoms with E-state index in [0.29, 0.717) is 6.61 Å². The van der Waals surface area contributed by atoms with Crippen LogP contribution in [-0.2, 0) is 24.9 Å². The topological polar surface area (TPSA) is 39.1 Å². The number of ether oxygens (including phenoxy) is 1. The molecule has 4 nitrogen and oxygen atoms in total. The minimum absolute atomic E-state index is 0.644. The predicted octanol–water partition coefficient (Wildman–Crippen LogP) is 2.57. The van der Waals surface area contributed by atoms with Crippen LogP contribution in [0.25, 0.3) is 0 Å². The van der Waals surface area contributed by atoms with E-state index in [1.807, 2.05) is 43.0 Å². The standard InChI is InChI=1S/C14H19N3O/c1-3-18-11-12-6-4-5-7-14(12)15-10-13-8-9-16-17(13)2/h4-9,15H,3,10-11H2,1-2H3. The first kappa shape index (κ1) is 12.6. The number of hydrogen-bond acceptors (Lipinski definition) is 3. The summed E-state index contributed by atoms with van der Waals surface area (Å²) >= 11 is 0. The summed E-state index contributed by atoms with van der Waals surface area (Å²) in [5, 5.41) is 7.58. The van der Waals surface area contributed by atoms with Gasteiger partial charge in [-0.2, -0.15) is 5.10 Å². The van der Waals surface area contributed by atoms with E-state index in [1.165, 1.54) is 5.56 Å². The number of nitrogens with zero attached hydrogens (tertiary/aromatic N) is 2. The zero-order valence-corrected chi connectivity index (χ0v) is 10.9. The fourth-order valence-electron chi connectivity index (χ4n) is 1.79. The third-order valence-electron chi connectivity index (χ3n) is 2.86. The molecule has 2 aromatic rings. The molecule has 1 aromatic carbocycles. The molecule has 0 amide bonds. The molecule has 0 fully saturated rings. The van der Waals surface area contributed by atoms with Gasteiger partial charge in [0.15, 0.2) is 0 Å². The van der Waals surface area contributed by atoms with Gasteiger partial charge in [-0.15, -0.1) is 0 Å². The van der Waals surface area contributed by atoms with Crippen LogP contribution in [0, 0.1) is 0 Å². The van der Waals surface area contributed by atoms with Crippen LogP contribution in [0.4, 0.5) is 5.69 Å². The van der Waals surface area contributed by atoms with Crippen molar-refractivity contribution in [1.82, 2.24) is 9.78 Å². The van der Waals surface area contributed by atoms with Crippen molar-refractivity contribution in [2.24, 2.45) is 7.05 Å². The van der Waals surface area contributed by atoms with E-state index in [-0.39, 0.29) is 0 Å². The van der Waals surface area contributed by atoms with Crippen LogP contribution in [0.3, 0.4) is 0 Å². The summed E-state index contributed by atoms with van der Waals surface area (Å²) < 4.78 is 7.34. The second kappa shape index (κ2) is 6.21. The number of anilines is 1. The van der Waals surface area contributed by atoms with Crippen LogP contribution in [0.2, 0.25) is 0 Å². The summed E-state index contributed by atoms with van der Waals surface area (Å²) in [7, 11) is 1.95. The van der Waals surface area contributed by atoms with Gasteiger partial charge in [-0.25, -0.2) is 0 Å². The van der Waals surface area contributed by atoms with Crippen LogP contribution >= 0.6 is 0 Å². The van der Waals surface area contributed by atoms with Crippen LogP contribution < -0.4 is 5.32 Å². The Bertz CT molecular complexity index is 493. The lowest BCUT2D eigenvalue weighted by Crippen LogP contribution is -2.07. The Hall–Kier alpha value is -1.81. The Morgan fingerprint density at radius 2 is 2.11 bits per heavy atom. The highest BCUT2D eigenvalue weighted by molar-refractivity contribution is 5.50. The number of para-hydroxylation sites is 1. The minimum atomic E-state index is 0.644. The maximum absolute atomic E-state index is 5.46. The second-order valence-electron chi connectivity index (χ2n) is 4.09. The molecule has 0 spiro atoms. The van der Waals surface area contributed by atoms with Gasteiger partial charge in [0.05, 0.1) is 18.8 Å². The normalized spacial score (nSPS) is 10.6. The molecule has 18 heavy (non-hydrogen) atoms. The summed E-state index contributed by atoms with van der Waals surface area (Å²) in [6.07, 6.45) is 1.81. The zero-order chi connectivity index (χ0) is 12.8. The number of hydrogen-bond donors (Lipinski definition) is 1. The largest absolute Gasteiger partial charge is 0.379 e. The molecule has 1 heterocycles. The molecule has 0 saturated heterocycles. The van der Waals surface area contributed by atoms with E-state index in [4.69, 9.17) is 4.74 Å². The first-order valence-electron chi connectivity index (χ1n) is 6.17. The molecule has 96 valence electrons. The maximum atomic E-state index is 5.46. The molecule has 0 aliphatic rings. The quantitative estimate of drug-likeness (QED) is 0.850. The van der Waals surface area contributed by atoms with Crippen molar-refractivity contribution in [3.63, 3.8) is 0 Å². The van der Waals surface area contributed by atoms with Crippen LogP contribution in [0.15, 0.2) is 36.5 Å². The van der Waals surface area contributed by atoms with Crippen molar-refractivity contribution in [2.45, 2.75) is 20.1 Å². The first-order valence-corrected chi connectivity index (χ1v) is 6.17. The predicted molar refractivity (Wildman–Crippen MR) is 72.3 cm³/mol. The number of aryl methyl sites for hydroxylation is 1. The average molecular weight is 245 g/mol. The Balaban J connectivity index is 2.02. The van der Waals surface area contributed by atoms with Crippen LogP contribution in [-0.4, -0.2) is 16.4 Å². The third-order valence-corrected chi connectivity index (χ3v) is 2.86. The Morgan fingerprint density at radius 1 is 1.28 bits per heavy atom. The van der Waals surface area contributed by atoms with Gasteiger partial charge >= 0.3 is 0 Å². The summed E-state index contributed by atoms with van der Waals surface area (Å²) in [5.41, 5.74) is 3.45. The van der Waals surface area contributed by atoms with Crippen molar-refractivity contribution >= 4 is 5.69 Å². The highest BCUT2D eigenvalue weighted by atomic mass is 16.5. The van der Waals surface area contributed by atoms with Crippen molar-refractivity contribution in [1.29, 1.82) is 0 Å². The van der Waals surface area contributed by atoms with Crippen LogP contribution in [0.5, 0.6) is 0 Å². The van der Waals surface area contributed by atoms with E-state index in [2.05, 4.69) is 22.5 Å². The number of rotatable bonds is 6. The SMILES string of the molecule is CCOCc1ccccc1NCc1ccnn1C. The van der Waals surface area contributed by atoms with E-state index < -0.39 is 0 Å². The Morgan fingerprint density at radius 3 is 2.83 bits per heavy atom. The lowest BCUT2D eigenvalue weighted by molar-refractivity contribution is 0.134. The molecule has 0 bridgehead atoms. The van der Waals surface area contributed by atoms with Gasteiger partial charge in [-0.05, 0) is 19.1 Å². The minimum Gasteiger partial charge on any atom is -0.379 e. The molecule has 1 N–H and O–H groups in total. The third kappa shape index (κ3) is 3.11. The highest BCUT2D eigenvalue weighted by Gasteiger charge is 2.03. The molecule has 0 saturated carbocycles. The first-order chi connectivity index (χ1) is 8.81. The molecule has 0 aliphatic heterocycles. The number of nitrogens with one attached hydrogen (secondary N) is 1. The summed E-state index contributed by atoms with van der Waals surface area (Å²) in [6.45, 7) is 4.15. The van der Waals surface area contributed by atoms with Gasteiger partial charge < -0.3 is 10.1 Å². The molecular weight excluding hydrogens is 226 g/mol.